The normalized spacial score (nSPS) is 12.3. The van der Waals surface area contributed by atoms with Gasteiger partial charge in [-0.25, -0.2) is 9.59 Å². The second kappa shape index (κ2) is 13.8. The summed E-state index contributed by atoms with van der Waals surface area (Å²) in [4.78, 5) is 54.8. The largest absolute Gasteiger partial charge is 0.390 e. The molecular formula is C30H27Cl2N3O5. The minimum Gasteiger partial charge on any atom is -0.390 e. The molecule has 1 heterocycles. The average molecular weight is 580 g/mol. The van der Waals surface area contributed by atoms with Crippen LogP contribution in [0.25, 0.3) is 10.9 Å². The van der Waals surface area contributed by atoms with Crippen molar-refractivity contribution < 1.29 is 23.9 Å². The van der Waals surface area contributed by atoms with Gasteiger partial charge in [-0.2, -0.15) is 0 Å². The van der Waals surface area contributed by atoms with Crippen molar-refractivity contribution in [3.05, 3.63) is 107 Å². The van der Waals surface area contributed by atoms with E-state index in [9.17, 15) is 19.2 Å². The van der Waals surface area contributed by atoms with Gasteiger partial charge in [0.15, 0.2) is 0 Å². The van der Waals surface area contributed by atoms with E-state index in [-0.39, 0.29) is 24.6 Å². The number of halogens is 2. The molecular weight excluding hydrogens is 553 g/mol. The van der Waals surface area contributed by atoms with Crippen LogP contribution in [-0.2, 0) is 37.8 Å². The first-order chi connectivity index (χ1) is 19.4. The van der Waals surface area contributed by atoms with E-state index >= 15 is 0 Å². The monoisotopic (exact) mass is 579 g/mol. The van der Waals surface area contributed by atoms with Crippen LogP contribution in [0.15, 0.2) is 85.1 Å². The van der Waals surface area contributed by atoms with Crippen LogP contribution in [0.2, 0.25) is 0 Å². The fraction of sp³-hybridized carbons (Fsp3) is 0.200. The molecule has 8 nitrogen and oxygen atoms in total. The van der Waals surface area contributed by atoms with Gasteiger partial charge in [0, 0.05) is 41.4 Å². The minimum absolute atomic E-state index is 0.0501. The predicted octanol–water partition coefficient (Wildman–Crippen LogP) is 4.28. The van der Waals surface area contributed by atoms with Crippen molar-refractivity contribution in [3.63, 3.8) is 0 Å². The maximum atomic E-state index is 13.4. The molecule has 10 heteroatoms. The number of hydrogen-bond acceptors (Lipinski definition) is 5. The van der Waals surface area contributed by atoms with Crippen LogP contribution < -0.4 is 10.6 Å². The maximum Gasteiger partial charge on any atom is 0.336 e. The van der Waals surface area contributed by atoms with Crippen LogP contribution in [0.3, 0.4) is 0 Å². The van der Waals surface area contributed by atoms with Crippen molar-refractivity contribution in [2.24, 2.45) is 0 Å². The van der Waals surface area contributed by atoms with E-state index in [2.05, 4.69) is 15.6 Å². The molecule has 0 unspecified atom stereocenters. The minimum atomic E-state index is -1.21. The van der Waals surface area contributed by atoms with Crippen molar-refractivity contribution >= 4 is 57.9 Å². The van der Waals surface area contributed by atoms with Crippen molar-refractivity contribution in [1.29, 1.82) is 0 Å². The number of amides is 2. The molecule has 0 aliphatic heterocycles. The Bertz CT molecular complexity index is 1510. The van der Waals surface area contributed by atoms with Crippen LogP contribution >= 0.6 is 23.2 Å². The Morgan fingerprint density at radius 2 is 1.45 bits per heavy atom. The van der Waals surface area contributed by atoms with E-state index in [4.69, 9.17) is 27.9 Å². The Hall–Kier alpha value is -4.14. The molecule has 0 spiro atoms. The molecule has 0 aliphatic carbocycles. The highest BCUT2D eigenvalue weighted by atomic mass is 35.5. The molecule has 0 saturated carbocycles. The molecule has 4 rings (SSSR count). The first-order valence-electron chi connectivity index (χ1n) is 12.5. The van der Waals surface area contributed by atoms with Gasteiger partial charge in [0.25, 0.3) is 5.91 Å². The Labute approximate surface area is 241 Å². The molecule has 0 aliphatic rings. The molecule has 0 fully saturated rings. The molecule has 0 saturated heterocycles. The van der Waals surface area contributed by atoms with Crippen molar-refractivity contribution in [1.82, 2.24) is 15.6 Å². The number of nitrogens with one attached hydrogen (secondary N) is 3. The summed E-state index contributed by atoms with van der Waals surface area (Å²) in [6, 6.07) is 20.8. The number of carbonyl (C=O) groups is 4. The zero-order valence-electron chi connectivity index (χ0n) is 21.4. The van der Waals surface area contributed by atoms with Gasteiger partial charge in [-0.15, -0.1) is 23.2 Å². The molecule has 1 aromatic heterocycles. The second-order valence-corrected chi connectivity index (χ2v) is 9.64. The summed E-state index contributed by atoms with van der Waals surface area (Å²) in [5.41, 5.74) is 3.38. The summed E-state index contributed by atoms with van der Waals surface area (Å²) in [5, 5.41) is 6.07. The number of carbonyl (C=O) groups excluding carboxylic acids is 4. The molecule has 3 aromatic carbocycles. The lowest BCUT2D eigenvalue weighted by Crippen LogP contribution is -2.48. The number of aromatic nitrogens is 1. The van der Waals surface area contributed by atoms with E-state index < -0.39 is 35.8 Å². The second-order valence-electron chi connectivity index (χ2n) is 9.11. The van der Waals surface area contributed by atoms with Gasteiger partial charge in [-0.05, 0) is 34.9 Å². The van der Waals surface area contributed by atoms with E-state index in [1.165, 1.54) is 0 Å². The Morgan fingerprint density at radius 1 is 0.775 bits per heavy atom. The van der Waals surface area contributed by atoms with Gasteiger partial charge in [0.2, 0.25) is 5.91 Å². The van der Waals surface area contributed by atoms with Gasteiger partial charge in [0.1, 0.15) is 18.0 Å². The highest BCUT2D eigenvalue weighted by Gasteiger charge is 2.30. The van der Waals surface area contributed by atoms with Gasteiger partial charge < -0.3 is 20.4 Å². The highest BCUT2D eigenvalue weighted by molar-refractivity contribution is 6.27. The van der Waals surface area contributed by atoms with E-state index in [0.717, 1.165) is 27.6 Å². The Balaban J connectivity index is 1.57. The lowest BCUT2D eigenvalue weighted by molar-refractivity contribution is -0.163. The van der Waals surface area contributed by atoms with Crippen LogP contribution in [-0.4, -0.2) is 46.7 Å². The third-order valence-corrected chi connectivity index (χ3v) is 6.81. The molecule has 3 N–H and O–H groups in total. The fourth-order valence-corrected chi connectivity index (χ4v) is 4.51. The molecule has 2 atom stereocenters. The summed E-state index contributed by atoms with van der Waals surface area (Å²) < 4.78 is 5.25. The smallest absolute Gasteiger partial charge is 0.336 e. The van der Waals surface area contributed by atoms with Gasteiger partial charge in [-0.3, -0.25) is 9.59 Å². The summed E-state index contributed by atoms with van der Waals surface area (Å²) in [6.07, 6.45) is 1.88. The molecule has 206 valence electrons. The van der Waals surface area contributed by atoms with E-state index in [0.29, 0.717) is 5.56 Å². The number of fused-ring (bicyclic) bond motifs is 1. The van der Waals surface area contributed by atoms with Crippen molar-refractivity contribution in [2.45, 2.75) is 30.8 Å². The lowest BCUT2D eigenvalue weighted by atomic mass is 10.0. The number of ether oxygens (including phenoxy) is 1. The molecule has 0 radical (unpaired) electrons. The number of alkyl halides is 2. The maximum absolute atomic E-state index is 13.4. The zero-order valence-corrected chi connectivity index (χ0v) is 22.9. The van der Waals surface area contributed by atoms with Gasteiger partial charge in [0.05, 0.1) is 0 Å². The SMILES string of the molecule is O=C(CCl)N[C@@H](Cc1ccccc1)C(=O)OC(=O)[C@H](Cc1c[nH]c2ccccc12)NC(=O)c1cccc(CCl)c1. The number of H-pyrrole nitrogens is 1. The topological polar surface area (TPSA) is 117 Å². The molecule has 0 bridgehead atoms. The summed E-state index contributed by atoms with van der Waals surface area (Å²) >= 11 is 11.6. The average Bonchev–Trinajstić information content (AvgIpc) is 3.39. The van der Waals surface area contributed by atoms with Crippen LogP contribution in [0.4, 0.5) is 0 Å². The predicted molar refractivity (Wildman–Crippen MR) is 153 cm³/mol. The van der Waals surface area contributed by atoms with Crippen LogP contribution in [0.1, 0.15) is 27.0 Å². The standard InChI is InChI=1S/C30H27Cl2N3O5/c31-16-20-9-6-10-21(13-20)28(37)35-26(15-22-18-33-24-12-5-4-11-23(22)24)30(39)40-29(38)25(34-27(36)17-32)14-19-7-2-1-3-8-19/h1-13,18,25-26,33H,14-17H2,(H,34,36)(H,35,37)/t25-,26-/m0/s1. The Kier molecular flexibility index (Phi) is 9.94. The first-order valence-corrected chi connectivity index (χ1v) is 13.6. The Morgan fingerprint density at radius 3 is 2.17 bits per heavy atom. The zero-order chi connectivity index (χ0) is 28.5. The number of esters is 2. The summed E-state index contributed by atoms with van der Waals surface area (Å²) in [7, 11) is 0. The third kappa shape index (κ3) is 7.49. The van der Waals surface area contributed by atoms with E-state index in [1.807, 2.05) is 30.3 Å². The fourth-order valence-electron chi connectivity index (χ4n) is 4.27. The number of aromatic amines is 1. The molecule has 40 heavy (non-hydrogen) atoms. The van der Waals surface area contributed by atoms with Crippen molar-refractivity contribution in [2.75, 3.05) is 5.88 Å². The quantitative estimate of drug-likeness (QED) is 0.139. The highest BCUT2D eigenvalue weighted by Crippen LogP contribution is 2.20. The summed E-state index contributed by atoms with van der Waals surface area (Å²) in [6.45, 7) is 0. The van der Waals surface area contributed by atoms with Crippen LogP contribution in [0, 0.1) is 0 Å². The number of benzene rings is 3. The summed E-state index contributed by atoms with van der Waals surface area (Å²) in [5.74, 6) is -3.20. The lowest BCUT2D eigenvalue weighted by Gasteiger charge is -2.20. The van der Waals surface area contributed by atoms with Crippen molar-refractivity contribution in [3.8, 4) is 0 Å². The number of rotatable bonds is 11. The van der Waals surface area contributed by atoms with Crippen LogP contribution in [0.5, 0.6) is 0 Å². The van der Waals surface area contributed by atoms with Gasteiger partial charge >= 0.3 is 11.9 Å². The molecule has 4 aromatic rings. The van der Waals surface area contributed by atoms with Gasteiger partial charge in [-0.1, -0.05) is 60.7 Å². The molecule has 2 amide bonds. The van der Waals surface area contributed by atoms with E-state index in [1.54, 1.807) is 54.7 Å². The third-order valence-electron chi connectivity index (χ3n) is 6.26. The number of hydrogen-bond donors (Lipinski definition) is 3. The first kappa shape index (κ1) is 28.9. The number of para-hydroxylation sites is 1.